The molecule has 1 aromatic heterocycles. The van der Waals surface area contributed by atoms with Crippen molar-refractivity contribution in [3.8, 4) is 0 Å². The van der Waals surface area contributed by atoms with Gasteiger partial charge in [-0.1, -0.05) is 20.8 Å². The van der Waals surface area contributed by atoms with Crippen LogP contribution in [-0.2, 0) is 0 Å². The maximum absolute atomic E-state index is 6.02. The summed E-state index contributed by atoms with van der Waals surface area (Å²) in [4.78, 5) is 4.48. The fraction of sp³-hybridized carbons (Fsp3) is 0.471. The first-order chi connectivity index (χ1) is 9.18. The zero-order valence-corrected chi connectivity index (χ0v) is 13.1. The molecule has 3 nitrogen and oxygen atoms in total. The van der Waals surface area contributed by atoms with E-state index >= 15 is 0 Å². The Hall–Kier alpha value is -1.77. The fourth-order valence-corrected chi connectivity index (χ4v) is 3.03. The fourth-order valence-electron chi connectivity index (χ4n) is 3.03. The van der Waals surface area contributed by atoms with Crippen LogP contribution in [0.1, 0.15) is 41.0 Å². The van der Waals surface area contributed by atoms with Gasteiger partial charge in [0.1, 0.15) is 0 Å². The van der Waals surface area contributed by atoms with Crippen LogP contribution in [0.3, 0.4) is 0 Å². The molecule has 0 radical (unpaired) electrons. The van der Waals surface area contributed by atoms with Crippen LogP contribution in [0.15, 0.2) is 30.5 Å². The van der Waals surface area contributed by atoms with E-state index in [0.29, 0.717) is 0 Å². The molecule has 1 aromatic carbocycles. The lowest BCUT2D eigenvalue weighted by atomic mass is 9.81. The minimum absolute atomic E-state index is 0.00117. The largest absolute Gasteiger partial charge is 0.398 e. The first-order valence-electron chi connectivity index (χ1n) is 7.09. The lowest BCUT2D eigenvalue weighted by molar-refractivity contribution is 0.302. The maximum atomic E-state index is 6.02. The standard InChI is InChI=1S/C17H25N3/c1-16(2,3)11-17(4,5)20-14-9-8-13(18)12-7-6-10-19-15(12)14/h6-10,20H,11,18H2,1-5H3. The van der Waals surface area contributed by atoms with E-state index < -0.39 is 0 Å². The third kappa shape index (κ3) is 3.41. The van der Waals surface area contributed by atoms with E-state index in [2.05, 4.69) is 44.9 Å². The van der Waals surface area contributed by atoms with E-state index in [4.69, 9.17) is 5.73 Å². The van der Waals surface area contributed by atoms with E-state index in [1.165, 1.54) is 0 Å². The van der Waals surface area contributed by atoms with Crippen LogP contribution in [-0.4, -0.2) is 10.5 Å². The monoisotopic (exact) mass is 271 g/mol. The van der Waals surface area contributed by atoms with Crippen LogP contribution >= 0.6 is 0 Å². The highest BCUT2D eigenvalue weighted by Crippen LogP contribution is 2.33. The maximum Gasteiger partial charge on any atom is 0.0954 e. The van der Waals surface area contributed by atoms with E-state index in [1.54, 1.807) is 0 Å². The summed E-state index contributed by atoms with van der Waals surface area (Å²) in [6.45, 7) is 11.2. The molecule has 0 unspecified atom stereocenters. The van der Waals surface area contributed by atoms with E-state index in [0.717, 1.165) is 28.7 Å². The summed E-state index contributed by atoms with van der Waals surface area (Å²) in [7, 11) is 0. The number of pyridine rings is 1. The number of benzene rings is 1. The van der Waals surface area contributed by atoms with Gasteiger partial charge in [-0.15, -0.1) is 0 Å². The molecule has 0 atom stereocenters. The summed E-state index contributed by atoms with van der Waals surface area (Å²) in [5.41, 5.74) is 9.05. The van der Waals surface area contributed by atoms with Gasteiger partial charge < -0.3 is 11.1 Å². The zero-order valence-electron chi connectivity index (χ0n) is 13.1. The van der Waals surface area contributed by atoms with Gasteiger partial charge in [-0.05, 0) is 49.9 Å². The van der Waals surface area contributed by atoms with Crippen LogP contribution in [0.2, 0.25) is 0 Å². The molecule has 108 valence electrons. The van der Waals surface area contributed by atoms with Gasteiger partial charge in [-0.25, -0.2) is 0 Å². The third-order valence-electron chi connectivity index (χ3n) is 3.25. The Balaban J connectivity index is 2.37. The molecule has 0 fully saturated rings. The second-order valence-corrected chi connectivity index (χ2v) is 7.35. The van der Waals surface area contributed by atoms with Crippen molar-refractivity contribution in [2.45, 2.75) is 46.6 Å². The molecule has 2 rings (SSSR count). The van der Waals surface area contributed by atoms with Crippen molar-refractivity contribution in [2.24, 2.45) is 5.41 Å². The molecule has 0 aliphatic carbocycles. The second-order valence-electron chi connectivity index (χ2n) is 7.35. The summed E-state index contributed by atoms with van der Waals surface area (Å²) in [5, 5.41) is 4.63. The molecule has 0 aliphatic rings. The molecule has 2 aromatic rings. The molecule has 0 aliphatic heterocycles. The number of anilines is 2. The average Bonchev–Trinajstić information content (AvgIpc) is 2.30. The quantitative estimate of drug-likeness (QED) is 0.811. The van der Waals surface area contributed by atoms with E-state index in [9.17, 15) is 0 Å². The molecule has 0 spiro atoms. The Bertz CT molecular complexity index is 609. The first-order valence-corrected chi connectivity index (χ1v) is 7.09. The van der Waals surface area contributed by atoms with Crippen LogP contribution in [0.4, 0.5) is 11.4 Å². The molecule has 3 N–H and O–H groups in total. The molecule has 3 heteroatoms. The Kier molecular flexibility index (Phi) is 3.63. The van der Waals surface area contributed by atoms with Crippen molar-refractivity contribution in [3.05, 3.63) is 30.5 Å². The lowest BCUT2D eigenvalue weighted by Crippen LogP contribution is -2.35. The average molecular weight is 271 g/mol. The van der Waals surface area contributed by atoms with Crippen molar-refractivity contribution in [3.63, 3.8) is 0 Å². The first kappa shape index (κ1) is 14.6. The summed E-state index contributed by atoms with van der Waals surface area (Å²) >= 11 is 0. The van der Waals surface area contributed by atoms with Gasteiger partial charge in [0.2, 0.25) is 0 Å². The molecule has 1 heterocycles. The van der Waals surface area contributed by atoms with Gasteiger partial charge in [0, 0.05) is 22.8 Å². The van der Waals surface area contributed by atoms with E-state index in [-0.39, 0.29) is 11.0 Å². The number of fused-ring (bicyclic) bond motifs is 1. The normalized spacial score (nSPS) is 12.7. The SMILES string of the molecule is CC(C)(C)CC(C)(C)Nc1ccc(N)c2cccnc12. The second kappa shape index (κ2) is 4.97. The number of nitrogens with zero attached hydrogens (tertiary/aromatic N) is 1. The molecular formula is C17H25N3. The summed E-state index contributed by atoms with van der Waals surface area (Å²) in [5.74, 6) is 0. The minimum atomic E-state index is -0.00117. The van der Waals surface area contributed by atoms with Crippen molar-refractivity contribution >= 4 is 22.3 Å². The van der Waals surface area contributed by atoms with Crippen LogP contribution in [0.5, 0.6) is 0 Å². The molecule has 0 bridgehead atoms. The third-order valence-corrected chi connectivity index (χ3v) is 3.25. The summed E-state index contributed by atoms with van der Waals surface area (Å²) < 4.78 is 0. The highest BCUT2D eigenvalue weighted by molar-refractivity contribution is 5.98. The predicted molar refractivity (Wildman–Crippen MR) is 87.9 cm³/mol. The Labute approximate surface area is 121 Å². The Morgan fingerprint density at radius 1 is 1.10 bits per heavy atom. The highest BCUT2D eigenvalue weighted by atomic mass is 15.0. The molecule has 0 amide bonds. The summed E-state index contributed by atoms with van der Waals surface area (Å²) in [6.07, 6.45) is 2.88. The molecule has 20 heavy (non-hydrogen) atoms. The number of aromatic nitrogens is 1. The van der Waals surface area contributed by atoms with Crippen LogP contribution in [0.25, 0.3) is 10.9 Å². The van der Waals surface area contributed by atoms with Crippen molar-refractivity contribution in [2.75, 3.05) is 11.1 Å². The Morgan fingerprint density at radius 3 is 2.45 bits per heavy atom. The van der Waals surface area contributed by atoms with Gasteiger partial charge in [0.05, 0.1) is 11.2 Å². The van der Waals surface area contributed by atoms with Gasteiger partial charge in [-0.2, -0.15) is 0 Å². The van der Waals surface area contributed by atoms with Gasteiger partial charge in [-0.3, -0.25) is 4.98 Å². The van der Waals surface area contributed by atoms with Gasteiger partial charge in [0.15, 0.2) is 0 Å². The van der Waals surface area contributed by atoms with Crippen LogP contribution in [0, 0.1) is 5.41 Å². The van der Waals surface area contributed by atoms with Crippen molar-refractivity contribution < 1.29 is 0 Å². The lowest BCUT2D eigenvalue weighted by Gasteiger charge is -2.34. The number of hydrogen-bond donors (Lipinski definition) is 2. The van der Waals surface area contributed by atoms with E-state index in [1.807, 2.05) is 30.5 Å². The smallest absolute Gasteiger partial charge is 0.0954 e. The number of nitrogens with one attached hydrogen (secondary N) is 1. The predicted octanol–water partition coefficient (Wildman–Crippen LogP) is 4.44. The van der Waals surface area contributed by atoms with Gasteiger partial charge in [0.25, 0.3) is 0 Å². The molecule has 0 saturated heterocycles. The van der Waals surface area contributed by atoms with Crippen LogP contribution < -0.4 is 11.1 Å². The molecule has 0 saturated carbocycles. The van der Waals surface area contributed by atoms with Crippen molar-refractivity contribution in [1.29, 1.82) is 0 Å². The zero-order chi connectivity index (χ0) is 15.0. The highest BCUT2D eigenvalue weighted by Gasteiger charge is 2.25. The molecular weight excluding hydrogens is 246 g/mol. The Morgan fingerprint density at radius 2 is 1.80 bits per heavy atom. The number of rotatable bonds is 3. The topological polar surface area (TPSA) is 50.9 Å². The summed E-state index contributed by atoms with van der Waals surface area (Å²) in [6, 6.07) is 7.90. The number of hydrogen-bond acceptors (Lipinski definition) is 3. The number of nitrogens with two attached hydrogens (primary N) is 1. The minimum Gasteiger partial charge on any atom is -0.398 e. The van der Waals surface area contributed by atoms with Gasteiger partial charge >= 0.3 is 0 Å². The van der Waals surface area contributed by atoms with Crippen molar-refractivity contribution in [1.82, 2.24) is 4.98 Å². The number of nitrogen functional groups attached to an aromatic ring is 1.